The first-order chi connectivity index (χ1) is 13.6. The van der Waals surface area contributed by atoms with Gasteiger partial charge in [-0.25, -0.2) is 18.7 Å². The third-order valence-corrected chi connectivity index (χ3v) is 5.40. The Hall–Kier alpha value is -2.61. The Labute approximate surface area is 162 Å². The molecule has 2 aliphatic heterocycles. The van der Waals surface area contributed by atoms with Crippen molar-refractivity contribution in [2.24, 2.45) is 0 Å². The molecule has 8 heteroatoms. The van der Waals surface area contributed by atoms with Gasteiger partial charge in [-0.1, -0.05) is 6.07 Å². The zero-order valence-electron chi connectivity index (χ0n) is 15.8. The summed E-state index contributed by atoms with van der Waals surface area (Å²) in [6, 6.07) is 3.89. The van der Waals surface area contributed by atoms with Crippen molar-refractivity contribution in [3.05, 3.63) is 52.3 Å². The number of likely N-dealkylation sites (tertiary alicyclic amines) is 1. The summed E-state index contributed by atoms with van der Waals surface area (Å²) < 4.78 is 28.1. The van der Waals surface area contributed by atoms with Crippen molar-refractivity contribution in [1.29, 1.82) is 0 Å². The Morgan fingerprint density at radius 2 is 1.86 bits per heavy atom. The molecule has 1 N–H and O–H groups in total. The first kappa shape index (κ1) is 18.7. The summed E-state index contributed by atoms with van der Waals surface area (Å²) in [5, 5.41) is 2.92. The molecule has 2 aromatic rings. The van der Waals surface area contributed by atoms with Gasteiger partial charge >= 0.3 is 0 Å². The van der Waals surface area contributed by atoms with E-state index in [2.05, 4.69) is 15.3 Å². The van der Waals surface area contributed by atoms with Crippen molar-refractivity contribution in [3.63, 3.8) is 0 Å². The first-order valence-electron chi connectivity index (χ1n) is 9.59. The van der Waals surface area contributed by atoms with Gasteiger partial charge in [-0.2, -0.15) is 0 Å². The van der Waals surface area contributed by atoms with Crippen molar-refractivity contribution in [2.45, 2.75) is 32.4 Å². The number of anilines is 1. The summed E-state index contributed by atoms with van der Waals surface area (Å²) in [5.74, 6) is -0.775. The van der Waals surface area contributed by atoms with Crippen LogP contribution < -0.4 is 5.32 Å². The molecule has 1 amide bonds. The number of nitrogens with one attached hydrogen (secondary N) is 1. The van der Waals surface area contributed by atoms with E-state index in [1.54, 1.807) is 7.05 Å². The monoisotopic (exact) mass is 387 g/mol. The molecule has 0 radical (unpaired) electrons. The summed E-state index contributed by atoms with van der Waals surface area (Å²) in [5.41, 5.74) is 2.03. The largest absolute Gasteiger partial charge is 0.357 e. The van der Waals surface area contributed by atoms with Gasteiger partial charge in [0.2, 0.25) is 5.95 Å². The van der Waals surface area contributed by atoms with Crippen molar-refractivity contribution in [1.82, 2.24) is 19.8 Å². The second-order valence-corrected chi connectivity index (χ2v) is 7.23. The summed E-state index contributed by atoms with van der Waals surface area (Å²) in [4.78, 5) is 25.7. The number of amides is 1. The number of hydrogen-bond donors (Lipinski definition) is 1. The Kier molecular flexibility index (Phi) is 5.21. The Morgan fingerprint density at radius 3 is 2.54 bits per heavy atom. The van der Waals surface area contributed by atoms with Crippen LogP contribution in [0, 0.1) is 11.6 Å². The van der Waals surface area contributed by atoms with E-state index < -0.39 is 11.6 Å². The third kappa shape index (κ3) is 3.56. The average molecular weight is 387 g/mol. The Balaban J connectivity index is 1.64. The Morgan fingerprint density at radius 1 is 1.14 bits per heavy atom. The topological polar surface area (TPSA) is 61.4 Å². The summed E-state index contributed by atoms with van der Waals surface area (Å²) in [6.07, 6.45) is 2.59. The number of fused-ring (bicyclic) bond motifs is 1. The van der Waals surface area contributed by atoms with Crippen molar-refractivity contribution < 1.29 is 13.6 Å². The molecule has 3 heterocycles. The van der Waals surface area contributed by atoms with E-state index in [-0.39, 0.29) is 18.0 Å². The lowest BCUT2D eigenvalue weighted by molar-refractivity contribution is 0.0783. The number of carbonyl (C=O) groups is 1. The summed E-state index contributed by atoms with van der Waals surface area (Å²) >= 11 is 0. The lowest BCUT2D eigenvalue weighted by Crippen LogP contribution is -2.36. The van der Waals surface area contributed by atoms with Gasteiger partial charge in [0.05, 0.1) is 5.69 Å². The van der Waals surface area contributed by atoms with Crippen LogP contribution in [0.15, 0.2) is 18.2 Å². The van der Waals surface area contributed by atoms with Crippen LogP contribution in [-0.4, -0.2) is 52.4 Å². The van der Waals surface area contributed by atoms with E-state index in [0.29, 0.717) is 31.2 Å². The SMILES string of the molecule is CNc1nc2c(c(C(=O)N3CCCC3)n1)CN(Cc1c(F)cccc1F)CC2. The molecule has 1 saturated heterocycles. The molecule has 1 aromatic heterocycles. The van der Waals surface area contributed by atoms with Crippen LogP contribution in [0.2, 0.25) is 0 Å². The molecule has 28 heavy (non-hydrogen) atoms. The number of nitrogens with zero attached hydrogens (tertiary/aromatic N) is 4. The lowest BCUT2D eigenvalue weighted by Gasteiger charge is -2.30. The highest BCUT2D eigenvalue weighted by Gasteiger charge is 2.29. The normalized spacial score (nSPS) is 16.9. The van der Waals surface area contributed by atoms with E-state index in [0.717, 1.165) is 37.2 Å². The van der Waals surface area contributed by atoms with E-state index in [1.165, 1.54) is 18.2 Å². The minimum absolute atomic E-state index is 0.0473. The van der Waals surface area contributed by atoms with Crippen LogP contribution >= 0.6 is 0 Å². The van der Waals surface area contributed by atoms with Gasteiger partial charge in [0.15, 0.2) is 0 Å². The van der Waals surface area contributed by atoms with Crippen LogP contribution in [0.5, 0.6) is 0 Å². The maximum Gasteiger partial charge on any atom is 0.273 e. The second-order valence-electron chi connectivity index (χ2n) is 7.23. The minimum Gasteiger partial charge on any atom is -0.357 e. The van der Waals surface area contributed by atoms with Crippen molar-refractivity contribution in [3.8, 4) is 0 Å². The van der Waals surface area contributed by atoms with Gasteiger partial charge in [0.1, 0.15) is 17.3 Å². The van der Waals surface area contributed by atoms with Crippen LogP contribution in [0.4, 0.5) is 14.7 Å². The van der Waals surface area contributed by atoms with Gasteiger partial charge < -0.3 is 10.2 Å². The number of halogens is 2. The second kappa shape index (κ2) is 7.79. The standard InChI is InChI=1S/C20H23F2N5O/c1-23-20-24-17-7-10-26(11-13-15(21)5-4-6-16(13)22)12-14(17)18(25-20)19(28)27-8-2-3-9-27/h4-6H,2-3,7-12H2,1H3,(H,23,24,25). The Bertz CT molecular complexity index is 878. The number of benzene rings is 1. The predicted molar refractivity (Wildman–Crippen MR) is 101 cm³/mol. The molecule has 4 rings (SSSR count). The van der Waals surface area contributed by atoms with Crippen molar-refractivity contribution >= 4 is 11.9 Å². The fourth-order valence-corrected chi connectivity index (χ4v) is 3.87. The zero-order chi connectivity index (χ0) is 19.7. The van der Waals surface area contributed by atoms with Gasteiger partial charge in [-0.3, -0.25) is 9.69 Å². The lowest BCUT2D eigenvalue weighted by atomic mass is 10.0. The molecule has 0 unspecified atom stereocenters. The number of rotatable bonds is 4. The number of aromatic nitrogens is 2. The molecule has 0 saturated carbocycles. The van der Waals surface area contributed by atoms with Gasteiger partial charge in [0.25, 0.3) is 5.91 Å². The smallest absolute Gasteiger partial charge is 0.273 e. The molecular weight excluding hydrogens is 364 g/mol. The summed E-state index contributed by atoms with van der Waals surface area (Å²) in [7, 11) is 1.72. The molecule has 148 valence electrons. The highest BCUT2D eigenvalue weighted by atomic mass is 19.1. The van der Waals surface area contributed by atoms with E-state index >= 15 is 0 Å². The molecule has 0 aliphatic carbocycles. The van der Waals surface area contributed by atoms with Crippen LogP contribution in [-0.2, 0) is 19.5 Å². The zero-order valence-corrected chi connectivity index (χ0v) is 15.8. The van der Waals surface area contributed by atoms with Gasteiger partial charge in [0, 0.05) is 57.3 Å². The fraction of sp³-hybridized carbons (Fsp3) is 0.450. The maximum absolute atomic E-state index is 14.1. The molecule has 6 nitrogen and oxygen atoms in total. The number of carbonyl (C=O) groups excluding carboxylic acids is 1. The van der Waals surface area contributed by atoms with Crippen LogP contribution in [0.1, 0.15) is 40.2 Å². The highest BCUT2D eigenvalue weighted by Crippen LogP contribution is 2.26. The summed E-state index contributed by atoms with van der Waals surface area (Å²) in [6.45, 7) is 2.61. The molecular formula is C20H23F2N5O. The third-order valence-electron chi connectivity index (χ3n) is 5.40. The van der Waals surface area contributed by atoms with Crippen LogP contribution in [0.25, 0.3) is 0 Å². The highest BCUT2D eigenvalue weighted by molar-refractivity contribution is 5.94. The molecule has 0 atom stereocenters. The van der Waals surface area contributed by atoms with E-state index in [1.807, 2.05) is 9.80 Å². The maximum atomic E-state index is 14.1. The molecule has 0 spiro atoms. The molecule has 1 aromatic carbocycles. The fourth-order valence-electron chi connectivity index (χ4n) is 3.87. The van der Waals surface area contributed by atoms with E-state index in [4.69, 9.17) is 0 Å². The van der Waals surface area contributed by atoms with Gasteiger partial charge in [-0.05, 0) is 25.0 Å². The van der Waals surface area contributed by atoms with E-state index in [9.17, 15) is 13.6 Å². The molecule has 2 aliphatic rings. The average Bonchev–Trinajstić information content (AvgIpc) is 3.24. The minimum atomic E-state index is -0.555. The van der Waals surface area contributed by atoms with Crippen LogP contribution in [0.3, 0.4) is 0 Å². The quantitative estimate of drug-likeness (QED) is 0.874. The first-order valence-corrected chi connectivity index (χ1v) is 9.59. The molecule has 0 bridgehead atoms. The van der Waals surface area contributed by atoms with Gasteiger partial charge in [-0.15, -0.1) is 0 Å². The predicted octanol–water partition coefficient (Wildman–Crippen LogP) is 2.59. The molecule has 1 fully saturated rings. The number of hydrogen-bond acceptors (Lipinski definition) is 5. The van der Waals surface area contributed by atoms with Crippen molar-refractivity contribution in [2.75, 3.05) is 32.0 Å².